The number of nitrogens with one attached hydrogen (secondary N) is 1. The summed E-state index contributed by atoms with van der Waals surface area (Å²) in [7, 11) is 0. The minimum atomic E-state index is -1.08. The Kier molecular flexibility index (Phi) is 7.13. The van der Waals surface area contributed by atoms with Crippen molar-refractivity contribution >= 4 is 29.3 Å². The van der Waals surface area contributed by atoms with Gasteiger partial charge in [0.15, 0.2) is 0 Å². The third kappa shape index (κ3) is 4.90. The minimum absolute atomic E-state index is 0.0977. The second kappa shape index (κ2) is 9.76. The van der Waals surface area contributed by atoms with Gasteiger partial charge in [0.05, 0.1) is 12.2 Å². The molecule has 2 aliphatic rings. The first-order valence-electron chi connectivity index (χ1n) is 12.5. The molecule has 0 unspecified atom stereocenters. The Morgan fingerprint density at radius 3 is 2.44 bits per heavy atom. The molecule has 1 aliphatic heterocycles. The molecule has 1 aromatic heterocycles. The molecule has 7 heteroatoms. The van der Waals surface area contributed by atoms with Gasteiger partial charge < -0.3 is 5.32 Å². The van der Waals surface area contributed by atoms with Crippen molar-refractivity contribution in [3.05, 3.63) is 41.7 Å². The van der Waals surface area contributed by atoms with Crippen LogP contribution in [0.15, 0.2) is 35.2 Å². The third-order valence-corrected chi connectivity index (χ3v) is 7.89. The molecule has 0 radical (unpaired) electrons. The average Bonchev–Trinajstić information content (AvgIpc) is 3.20. The summed E-state index contributed by atoms with van der Waals surface area (Å²) in [5, 5.41) is 8.11. The number of amides is 2. The predicted octanol–water partition coefficient (Wildman–Crippen LogP) is 5.55. The summed E-state index contributed by atoms with van der Waals surface area (Å²) in [5.41, 5.74) is 0.877. The maximum atomic E-state index is 13.9. The highest BCUT2D eigenvalue weighted by molar-refractivity contribution is 7.98. The first kappa shape index (κ1) is 24.8. The van der Waals surface area contributed by atoms with Crippen LogP contribution in [0.2, 0.25) is 0 Å². The maximum absolute atomic E-state index is 13.9. The molecule has 1 fully saturated rings. The van der Waals surface area contributed by atoms with Gasteiger partial charge in [0.1, 0.15) is 11.2 Å². The molecule has 1 saturated carbocycles. The van der Waals surface area contributed by atoms with Crippen molar-refractivity contribution in [2.24, 2.45) is 0 Å². The standard InChI is InChI=1S/C27H38N4O2S/c1-26(2,3)23-17-22-24(32)31(20-14-11-15-21(16-20)34-5)27(4,18-30(22)29-23)25(33)28-19-12-9-7-6-8-10-13-19/h11,14-17,19H,6-10,12-13,18H2,1-5H3,(H,28,33)/t27-/m1/s1. The van der Waals surface area contributed by atoms with Gasteiger partial charge in [-0.15, -0.1) is 11.8 Å². The summed E-state index contributed by atoms with van der Waals surface area (Å²) in [6, 6.07) is 9.95. The molecular formula is C27H38N4O2S. The third-order valence-electron chi connectivity index (χ3n) is 7.16. The monoisotopic (exact) mass is 482 g/mol. The van der Waals surface area contributed by atoms with E-state index in [4.69, 9.17) is 5.10 Å². The zero-order valence-electron chi connectivity index (χ0n) is 21.2. The number of fused-ring (bicyclic) bond motifs is 1. The molecule has 1 atom stereocenters. The van der Waals surface area contributed by atoms with Crippen molar-refractivity contribution in [2.45, 2.75) is 101 Å². The van der Waals surface area contributed by atoms with Gasteiger partial charge in [-0.1, -0.05) is 58.9 Å². The van der Waals surface area contributed by atoms with Gasteiger partial charge in [-0.05, 0) is 50.3 Å². The number of benzene rings is 1. The van der Waals surface area contributed by atoms with Crippen LogP contribution in [0.3, 0.4) is 0 Å². The van der Waals surface area contributed by atoms with E-state index < -0.39 is 5.54 Å². The van der Waals surface area contributed by atoms with Gasteiger partial charge in [-0.3, -0.25) is 19.2 Å². The van der Waals surface area contributed by atoms with E-state index in [0.29, 0.717) is 12.2 Å². The zero-order chi connectivity index (χ0) is 24.5. The highest BCUT2D eigenvalue weighted by Crippen LogP contribution is 2.36. The Bertz CT molecular complexity index is 1050. The van der Waals surface area contributed by atoms with Crippen LogP contribution in [0.1, 0.15) is 88.8 Å². The topological polar surface area (TPSA) is 67.2 Å². The predicted molar refractivity (Wildman–Crippen MR) is 139 cm³/mol. The van der Waals surface area contributed by atoms with Crippen LogP contribution >= 0.6 is 11.8 Å². The number of hydrogen-bond acceptors (Lipinski definition) is 4. The van der Waals surface area contributed by atoms with E-state index in [0.717, 1.165) is 42.0 Å². The van der Waals surface area contributed by atoms with Gasteiger partial charge in [-0.25, -0.2) is 0 Å². The molecule has 4 rings (SSSR count). The Balaban J connectivity index is 1.74. The number of carbonyl (C=O) groups is 2. The molecule has 2 heterocycles. The fraction of sp³-hybridized carbons (Fsp3) is 0.593. The lowest BCUT2D eigenvalue weighted by Gasteiger charge is -2.44. The second-order valence-corrected chi connectivity index (χ2v) is 11.8. The number of anilines is 1. The summed E-state index contributed by atoms with van der Waals surface area (Å²) in [6.45, 7) is 8.48. The molecule has 0 saturated heterocycles. The molecule has 1 N–H and O–H groups in total. The number of rotatable bonds is 4. The van der Waals surface area contributed by atoms with Crippen LogP contribution in [0.4, 0.5) is 5.69 Å². The van der Waals surface area contributed by atoms with E-state index in [1.54, 1.807) is 21.3 Å². The lowest BCUT2D eigenvalue weighted by Crippen LogP contribution is -2.65. The van der Waals surface area contributed by atoms with Crippen molar-refractivity contribution in [3.63, 3.8) is 0 Å². The summed E-state index contributed by atoms with van der Waals surface area (Å²) in [5.74, 6) is -0.276. The molecule has 34 heavy (non-hydrogen) atoms. The van der Waals surface area contributed by atoms with Gasteiger partial charge >= 0.3 is 0 Å². The first-order chi connectivity index (χ1) is 16.1. The molecule has 1 aliphatic carbocycles. The summed E-state index contributed by atoms with van der Waals surface area (Å²) in [6.07, 6.45) is 10.0. The van der Waals surface area contributed by atoms with Crippen molar-refractivity contribution < 1.29 is 9.59 Å². The van der Waals surface area contributed by atoms with Crippen LogP contribution < -0.4 is 10.2 Å². The SMILES string of the molecule is CSc1cccc(N2C(=O)c3cc(C(C)(C)C)nn3C[C@]2(C)C(=O)NC2CCCCCCC2)c1. The lowest BCUT2D eigenvalue weighted by molar-refractivity contribution is -0.127. The molecular weight excluding hydrogens is 444 g/mol. The molecule has 184 valence electrons. The molecule has 1 aromatic carbocycles. The molecule has 0 spiro atoms. The van der Waals surface area contributed by atoms with Crippen molar-refractivity contribution in [2.75, 3.05) is 11.2 Å². The number of nitrogens with zero attached hydrogens (tertiary/aromatic N) is 3. The highest BCUT2D eigenvalue weighted by Gasteiger charge is 2.49. The minimum Gasteiger partial charge on any atom is -0.351 e. The Hall–Kier alpha value is -2.28. The summed E-state index contributed by atoms with van der Waals surface area (Å²) >= 11 is 1.63. The van der Waals surface area contributed by atoms with Gasteiger partial charge in [0.25, 0.3) is 5.91 Å². The molecule has 2 aromatic rings. The summed E-state index contributed by atoms with van der Waals surface area (Å²) in [4.78, 5) is 30.6. The number of hydrogen-bond donors (Lipinski definition) is 1. The fourth-order valence-electron chi connectivity index (χ4n) is 5.04. The van der Waals surface area contributed by atoms with E-state index in [1.165, 1.54) is 19.3 Å². The van der Waals surface area contributed by atoms with E-state index >= 15 is 0 Å². The maximum Gasteiger partial charge on any atom is 0.277 e. The van der Waals surface area contributed by atoms with Crippen LogP contribution in [0, 0.1) is 0 Å². The molecule has 0 bridgehead atoms. The van der Waals surface area contributed by atoms with Gasteiger partial charge in [0, 0.05) is 22.0 Å². The van der Waals surface area contributed by atoms with E-state index in [-0.39, 0.29) is 23.3 Å². The highest BCUT2D eigenvalue weighted by atomic mass is 32.2. The lowest BCUT2D eigenvalue weighted by atomic mass is 9.90. The Morgan fingerprint density at radius 2 is 1.79 bits per heavy atom. The van der Waals surface area contributed by atoms with Crippen LogP contribution in [-0.4, -0.2) is 39.4 Å². The Morgan fingerprint density at radius 1 is 1.12 bits per heavy atom. The van der Waals surface area contributed by atoms with Crippen molar-refractivity contribution in [3.8, 4) is 0 Å². The molecule has 6 nitrogen and oxygen atoms in total. The second-order valence-electron chi connectivity index (χ2n) is 11.0. The van der Waals surface area contributed by atoms with E-state index in [1.807, 2.05) is 43.5 Å². The summed E-state index contributed by atoms with van der Waals surface area (Å²) < 4.78 is 1.75. The van der Waals surface area contributed by atoms with Crippen LogP contribution in [0.25, 0.3) is 0 Å². The van der Waals surface area contributed by atoms with E-state index in [2.05, 4.69) is 26.1 Å². The largest absolute Gasteiger partial charge is 0.351 e. The van der Waals surface area contributed by atoms with Crippen molar-refractivity contribution in [1.29, 1.82) is 0 Å². The normalized spacial score (nSPS) is 22.1. The number of aromatic nitrogens is 2. The quantitative estimate of drug-likeness (QED) is 0.580. The Labute approximate surface area is 207 Å². The van der Waals surface area contributed by atoms with Crippen LogP contribution in [-0.2, 0) is 16.8 Å². The van der Waals surface area contributed by atoms with Crippen molar-refractivity contribution in [1.82, 2.24) is 15.1 Å². The number of carbonyl (C=O) groups excluding carboxylic acids is 2. The van der Waals surface area contributed by atoms with Crippen LogP contribution in [0.5, 0.6) is 0 Å². The number of thioether (sulfide) groups is 1. The average molecular weight is 483 g/mol. The van der Waals surface area contributed by atoms with Gasteiger partial charge in [-0.2, -0.15) is 5.10 Å². The fourth-order valence-corrected chi connectivity index (χ4v) is 5.50. The smallest absolute Gasteiger partial charge is 0.277 e. The van der Waals surface area contributed by atoms with E-state index in [9.17, 15) is 9.59 Å². The van der Waals surface area contributed by atoms with Gasteiger partial charge in [0.2, 0.25) is 5.91 Å². The molecule has 2 amide bonds. The zero-order valence-corrected chi connectivity index (χ0v) is 22.0. The first-order valence-corrected chi connectivity index (χ1v) is 13.7.